The van der Waals surface area contributed by atoms with Crippen LogP contribution in [0.3, 0.4) is 0 Å². The molecule has 0 aliphatic carbocycles. The predicted molar refractivity (Wildman–Crippen MR) is 60.8 cm³/mol. The molecule has 0 aliphatic rings. The van der Waals surface area contributed by atoms with Crippen LogP contribution in [0.2, 0.25) is 0 Å². The number of hydrogen-bond donors (Lipinski definition) is 1. The van der Waals surface area contributed by atoms with E-state index in [1.165, 1.54) is 0 Å². The predicted octanol–water partition coefficient (Wildman–Crippen LogP) is 1.77. The van der Waals surface area contributed by atoms with Gasteiger partial charge in [0.1, 0.15) is 5.69 Å². The molecule has 0 atom stereocenters. The van der Waals surface area contributed by atoms with Gasteiger partial charge in [-0.15, -0.1) is 0 Å². The van der Waals surface area contributed by atoms with Gasteiger partial charge in [-0.2, -0.15) is 0 Å². The van der Waals surface area contributed by atoms with E-state index in [-0.39, 0.29) is 5.91 Å². The SMILES string of the molecule is CCCNC(=O)c1cc(I)cn1C. The van der Waals surface area contributed by atoms with Gasteiger partial charge in [0.25, 0.3) is 5.91 Å². The molecule has 1 N–H and O–H groups in total. The number of rotatable bonds is 3. The molecule has 0 radical (unpaired) electrons. The highest BCUT2D eigenvalue weighted by Crippen LogP contribution is 2.09. The van der Waals surface area contributed by atoms with Gasteiger partial charge < -0.3 is 9.88 Å². The summed E-state index contributed by atoms with van der Waals surface area (Å²) in [6.45, 7) is 2.77. The van der Waals surface area contributed by atoms with E-state index in [2.05, 4.69) is 27.9 Å². The number of carbonyl (C=O) groups excluding carboxylic acids is 1. The molecule has 1 aromatic heterocycles. The Morgan fingerprint density at radius 1 is 1.69 bits per heavy atom. The second kappa shape index (κ2) is 4.64. The van der Waals surface area contributed by atoms with E-state index in [9.17, 15) is 4.79 Å². The molecule has 0 unspecified atom stereocenters. The summed E-state index contributed by atoms with van der Waals surface area (Å²) in [7, 11) is 1.88. The quantitative estimate of drug-likeness (QED) is 0.846. The van der Waals surface area contributed by atoms with E-state index in [0.29, 0.717) is 0 Å². The Balaban J connectivity index is 2.70. The van der Waals surface area contributed by atoms with Crippen molar-refractivity contribution in [2.45, 2.75) is 13.3 Å². The number of amides is 1. The largest absolute Gasteiger partial charge is 0.351 e. The third-order valence-corrected chi connectivity index (χ3v) is 2.33. The fraction of sp³-hybridized carbons (Fsp3) is 0.444. The van der Waals surface area contributed by atoms with Crippen molar-refractivity contribution in [3.8, 4) is 0 Å². The molecule has 3 nitrogen and oxygen atoms in total. The monoisotopic (exact) mass is 292 g/mol. The second-order valence-corrected chi connectivity index (χ2v) is 4.16. The lowest BCUT2D eigenvalue weighted by molar-refractivity contribution is 0.0945. The van der Waals surface area contributed by atoms with Gasteiger partial charge in [0, 0.05) is 23.4 Å². The Bertz CT molecular complexity index is 307. The molecule has 0 saturated carbocycles. The molecule has 1 heterocycles. The van der Waals surface area contributed by atoms with Gasteiger partial charge in [0.2, 0.25) is 0 Å². The van der Waals surface area contributed by atoms with Gasteiger partial charge in [0.05, 0.1) is 0 Å². The van der Waals surface area contributed by atoms with E-state index in [1.807, 2.05) is 30.8 Å². The summed E-state index contributed by atoms with van der Waals surface area (Å²) in [5.41, 5.74) is 0.720. The third kappa shape index (κ3) is 2.72. The van der Waals surface area contributed by atoms with Crippen LogP contribution < -0.4 is 5.32 Å². The van der Waals surface area contributed by atoms with Gasteiger partial charge >= 0.3 is 0 Å². The van der Waals surface area contributed by atoms with Crippen LogP contribution in [0.1, 0.15) is 23.8 Å². The van der Waals surface area contributed by atoms with Crippen molar-refractivity contribution in [2.75, 3.05) is 6.54 Å². The van der Waals surface area contributed by atoms with Gasteiger partial charge in [-0.3, -0.25) is 4.79 Å². The Kier molecular flexibility index (Phi) is 3.77. The molecule has 4 heteroatoms. The normalized spacial score (nSPS) is 10.1. The topological polar surface area (TPSA) is 34.0 Å². The molecule has 1 amide bonds. The minimum absolute atomic E-state index is 0.00673. The summed E-state index contributed by atoms with van der Waals surface area (Å²) < 4.78 is 2.92. The highest BCUT2D eigenvalue weighted by Gasteiger charge is 2.09. The van der Waals surface area contributed by atoms with E-state index < -0.39 is 0 Å². The van der Waals surface area contributed by atoms with Gasteiger partial charge in [-0.05, 0) is 35.1 Å². The molecule has 1 rings (SSSR count). The molecule has 72 valence electrons. The lowest BCUT2D eigenvalue weighted by Gasteiger charge is -2.03. The van der Waals surface area contributed by atoms with Crippen molar-refractivity contribution in [3.63, 3.8) is 0 Å². The Hall–Kier alpha value is -0.520. The Morgan fingerprint density at radius 2 is 2.38 bits per heavy atom. The lowest BCUT2D eigenvalue weighted by Crippen LogP contribution is -2.25. The molecule has 0 spiro atoms. The number of aryl methyl sites for hydroxylation is 1. The zero-order chi connectivity index (χ0) is 9.84. The third-order valence-electron chi connectivity index (χ3n) is 1.74. The molecule has 1 aromatic rings. The molecule has 0 fully saturated rings. The smallest absolute Gasteiger partial charge is 0.267 e. The average Bonchev–Trinajstić information content (AvgIpc) is 2.41. The minimum Gasteiger partial charge on any atom is -0.351 e. The van der Waals surface area contributed by atoms with Crippen molar-refractivity contribution in [1.29, 1.82) is 0 Å². The molecule has 0 aromatic carbocycles. The fourth-order valence-corrected chi connectivity index (χ4v) is 1.79. The molecular formula is C9H13IN2O. The summed E-state index contributed by atoms with van der Waals surface area (Å²) in [4.78, 5) is 11.5. The number of nitrogens with one attached hydrogen (secondary N) is 1. The summed E-state index contributed by atoms with van der Waals surface area (Å²) >= 11 is 2.20. The van der Waals surface area contributed by atoms with Gasteiger partial charge in [-0.25, -0.2) is 0 Å². The maximum atomic E-state index is 11.5. The van der Waals surface area contributed by atoms with Crippen LogP contribution in [0.4, 0.5) is 0 Å². The van der Waals surface area contributed by atoms with Crippen LogP contribution in [-0.2, 0) is 7.05 Å². The number of nitrogens with zero attached hydrogens (tertiary/aromatic N) is 1. The number of aromatic nitrogens is 1. The maximum absolute atomic E-state index is 11.5. The van der Waals surface area contributed by atoms with E-state index in [0.717, 1.165) is 22.2 Å². The summed E-state index contributed by atoms with van der Waals surface area (Å²) in [6, 6.07) is 1.88. The van der Waals surface area contributed by atoms with Crippen LogP contribution in [0.25, 0.3) is 0 Å². The zero-order valence-corrected chi connectivity index (χ0v) is 9.96. The zero-order valence-electron chi connectivity index (χ0n) is 7.80. The standard InChI is InChI=1S/C9H13IN2O/c1-3-4-11-9(13)8-5-7(10)6-12(8)2/h5-6H,3-4H2,1-2H3,(H,11,13). The minimum atomic E-state index is 0.00673. The van der Waals surface area contributed by atoms with Crippen molar-refractivity contribution < 1.29 is 4.79 Å². The first-order chi connectivity index (χ1) is 6.15. The second-order valence-electron chi connectivity index (χ2n) is 2.91. The van der Waals surface area contributed by atoms with E-state index in [4.69, 9.17) is 0 Å². The average molecular weight is 292 g/mol. The van der Waals surface area contributed by atoms with Crippen LogP contribution >= 0.6 is 22.6 Å². The first-order valence-corrected chi connectivity index (χ1v) is 5.33. The molecule has 0 aliphatic heterocycles. The van der Waals surface area contributed by atoms with Crippen LogP contribution in [-0.4, -0.2) is 17.0 Å². The Labute approximate surface area is 91.6 Å². The van der Waals surface area contributed by atoms with Crippen molar-refractivity contribution in [1.82, 2.24) is 9.88 Å². The lowest BCUT2D eigenvalue weighted by atomic mass is 10.4. The highest BCUT2D eigenvalue weighted by atomic mass is 127. The summed E-state index contributed by atoms with van der Waals surface area (Å²) in [5.74, 6) is 0.00673. The van der Waals surface area contributed by atoms with Gasteiger partial charge in [0.15, 0.2) is 0 Å². The van der Waals surface area contributed by atoms with Crippen LogP contribution in [0.15, 0.2) is 12.3 Å². The molecular weight excluding hydrogens is 279 g/mol. The maximum Gasteiger partial charge on any atom is 0.267 e. The van der Waals surface area contributed by atoms with Crippen LogP contribution in [0, 0.1) is 3.57 Å². The van der Waals surface area contributed by atoms with Crippen molar-refractivity contribution in [2.24, 2.45) is 7.05 Å². The highest BCUT2D eigenvalue weighted by molar-refractivity contribution is 14.1. The fourth-order valence-electron chi connectivity index (χ4n) is 1.08. The first kappa shape index (κ1) is 10.6. The number of hydrogen-bond acceptors (Lipinski definition) is 1. The van der Waals surface area contributed by atoms with Crippen molar-refractivity contribution >= 4 is 28.5 Å². The first-order valence-electron chi connectivity index (χ1n) is 4.25. The van der Waals surface area contributed by atoms with Crippen molar-refractivity contribution in [3.05, 3.63) is 21.5 Å². The van der Waals surface area contributed by atoms with Crippen LogP contribution in [0.5, 0.6) is 0 Å². The number of halogens is 1. The van der Waals surface area contributed by atoms with Gasteiger partial charge in [-0.1, -0.05) is 6.92 Å². The molecule has 0 bridgehead atoms. The molecule has 13 heavy (non-hydrogen) atoms. The summed E-state index contributed by atoms with van der Waals surface area (Å²) in [5, 5.41) is 2.84. The Morgan fingerprint density at radius 3 is 2.85 bits per heavy atom. The van der Waals surface area contributed by atoms with E-state index >= 15 is 0 Å². The number of carbonyl (C=O) groups is 1. The summed E-state index contributed by atoms with van der Waals surface area (Å²) in [6.07, 6.45) is 2.90. The van der Waals surface area contributed by atoms with E-state index in [1.54, 1.807) is 0 Å². The molecule has 0 saturated heterocycles.